The molecule has 4 heteroatoms. The van der Waals surface area contributed by atoms with E-state index < -0.39 is 0 Å². The molecule has 78 valence electrons. The molecule has 15 heavy (non-hydrogen) atoms. The number of nitrogens with zero attached hydrogens (tertiary/aromatic N) is 2. The van der Waals surface area contributed by atoms with Gasteiger partial charge in [-0.25, -0.2) is 4.68 Å². The first-order valence-corrected chi connectivity index (χ1v) is 4.69. The Balaban J connectivity index is 2.25. The number of nitrogen functional groups attached to an aromatic ring is 1. The van der Waals surface area contributed by atoms with E-state index in [9.17, 15) is 0 Å². The van der Waals surface area contributed by atoms with E-state index in [1.165, 1.54) is 0 Å². The zero-order valence-corrected chi connectivity index (χ0v) is 8.77. The first kappa shape index (κ1) is 9.58. The second kappa shape index (κ2) is 3.65. The van der Waals surface area contributed by atoms with Gasteiger partial charge < -0.3 is 10.5 Å². The number of rotatable bonds is 2. The molecule has 1 aromatic heterocycles. The highest BCUT2D eigenvalue weighted by molar-refractivity contribution is 5.44. The lowest BCUT2D eigenvalue weighted by molar-refractivity contribution is 0.431. The van der Waals surface area contributed by atoms with Crippen LogP contribution >= 0.6 is 0 Å². The molecule has 2 N–H and O–H groups in total. The van der Waals surface area contributed by atoms with Gasteiger partial charge in [-0.1, -0.05) is 6.07 Å². The number of benzene rings is 1. The lowest BCUT2D eigenvalue weighted by Gasteiger charge is -2.05. The number of ether oxygens (including phenoxy) is 1. The number of anilines is 1. The van der Waals surface area contributed by atoms with Crippen LogP contribution in [-0.2, 0) is 7.05 Å². The van der Waals surface area contributed by atoms with Crippen LogP contribution in [0, 0.1) is 6.92 Å². The van der Waals surface area contributed by atoms with Crippen LogP contribution in [-0.4, -0.2) is 9.78 Å². The Morgan fingerprint density at radius 3 is 2.73 bits per heavy atom. The molecule has 0 spiro atoms. The van der Waals surface area contributed by atoms with Crippen molar-refractivity contribution in [3.8, 4) is 11.6 Å². The molecule has 1 aromatic carbocycles. The third-order valence-corrected chi connectivity index (χ3v) is 2.04. The Morgan fingerprint density at radius 2 is 2.13 bits per heavy atom. The molecule has 2 aromatic rings. The normalized spacial score (nSPS) is 10.3. The first-order chi connectivity index (χ1) is 7.15. The molecule has 0 saturated carbocycles. The van der Waals surface area contributed by atoms with E-state index in [1.807, 2.05) is 38.2 Å². The minimum Gasteiger partial charge on any atom is -0.439 e. The van der Waals surface area contributed by atoms with Crippen molar-refractivity contribution in [3.05, 3.63) is 36.0 Å². The maximum absolute atomic E-state index is 5.65. The summed E-state index contributed by atoms with van der Waals surface area (Å²) >= 11 is 0. The van der Waals surface area contributed by atoms with Gasteiger partial charge in [0.2, 0.25) is 5.88 Å². The van der Waals surface area contributed by atoms with E-state index in [2.05, 4.69) is 5.10 Å². The zero-order valence-electron chi connectivity index (χ0n) is 8.77. The summed E-state index contributed by atoms with van der Waals surface area (Å²) in [4.78, 5) is 0. The quantitative estimate of drug-likeness (QED) is 0.760. The highest BCUT2D eigenvalue weighted by Gasteiger charge is 2.04. The van der Waals surface area contributed by atoms with Gasteiger partial charge in [-0.2, -0.15) is 5.10 Å². The van der Waals surface area contributed by atoms with E-state index in [0.717, 1.165) is 11.4 Å². The molecule has 0 amide bonds. The van der Waals surface area contributed by atoms with Gasteiger partial charge in [0, 0.05) is 24.9 Å². The predicted molar refractivity (Wildman–Crippen MR) is 58.9 cm³/mol. The molecule has 0 aliphatic carbocycles. The van der Waals surface area contributed by atoms with Gasteiger partial charge in [-0.15, -0.1) is 0 Å². The second-order valence-corrected chi connectivity index (χ2v) is 3.42. The van der Waals surface area contributed by atoms with Gasteiger partial charge in [0.05, 0.1) is 5.69 Å². The standard InChI is InChI=1S/C11H13N3O/c1-8-6-11(14(2)13-8)15-10-5-3-4-9(12)7-10/h3-7H,12H2,1-2H3. The number of aromatic nitrogens is 2. The summed E-state index contributed by atoms with van der Waals surface area (Å²) in [5, 5.41) is 4.19. The van der Waals surface area contributed by atoms with Crippen LogP contribution in [0.1, 0.15) is 5.69 Å². The maximum Gasteiger partial charge on any atom is 0.217 e. The average Bonchev–Trinajstić information content (AvgIpc) is 2.45. The summed E-state index contributed by atoms with van der Waals surface area (Å²) in [5.41, 5.74) is 7.27. The SMILES string of the molecule is Cc1cc(Oc2cccc(N)c2)n(C)n1. The Morgan fingerprint density at radius 1 is 1.33 bits per heavy atom. The number of aryl methyl sites for hydroxylation is 2. The lowest BCUT2D eigenvalue weighted by atomic mass is 10.3. The van der Waals surface area contributed by atoms with E-state index in [1.54, 1.807) is 10.7 Å². The summed E-state index contributed by atoms with van der Waals surface area (Å²) in [6.45, 7) is 1.92. The van der Waals surface area contributed by atoms with Crippen molar-refractivity contribution in [2.75, 3.05) is 5.73 Å². The lowest BCUT2D eigenvalue weighted by Crippen LogP contribution is -1.95. The second-order valence-electron chi connectivity index (χ2n) is 3.42. The summed E-state index contributed by atoms with van der Waals surface area (Å²) < 4.78 is 7.32. The van der Waals surface area contributed by atoms with E-state index >= 15 is 0 Å². The fraction of sp³-hybridized carbons (Fsp3) is 0.182. The molecule has 0 unspecified atom stereocenters. The van der Waals surface area contributed by atoms with Crippen molar-refractivity contribution >= 4 is 5.69 Å². The summed E-state index contributed by atoms with van der Waals surface area (Å²) in [7, 11) is 1.84. The van der Waals surface area contributed by atoms with Crippen molar-refractivity contribution in [1.29, 1.82) is 0 Å². The molecular formula is C11H13N3O. The minimum absolute atomic E-state index is 0.686. The monoisotopic (exact) mass is 203 g/mol. The topological polar surface area (TPSA) is 53.1 Å². The number of nitrogens with two attached hydrogens (primary N) is 1. The molecule has 1 heterocycles. The maximum atomic E-state index is 5.65. The highest BCUT2D eigenvalue weighted by atomic mass is 16.5. The Labute approximate surface area is 88.3 Å². The van der Waals surface area contributed by atoms with Crippen molar-refractivity contribution in [2.45, 2.75) is 6.92 Å². The highest BCUT2D eigenvalue weighted by Crippen LogP contribution is 2.22. The van der Waals surface area contributed by atoms with E-state index in [0.29, 0.717) is 11.6 Å². The fourth-order valence-electron chi connectivity index (χ4n) is 1.38. The molecule has 0 bridgehead atoms. The molecule has 2 rings (SSSR count). The van der Waals surface area contributed by atoms with Gasteiger partial charge in [0.1, 0.15) is 5.75 Å². The van der Waals surface area contributed by atoms with Gasteiger partial charge in [0.25, 0.3) is 0 Å². The van der Waals surface area contributed by atoms with Crippen LogP contribution in [0.2, 0.25) is 0 Å². The third-order valence-electron chi connectivity index (χ3n) is 2.04. The molecule has 4 nitrogen and oxygen atoms in total. The fourth-order valence-corrected chi connectivity index (χ4v) is 1.38. The van der Waals surface area contributed by atoms with Crippen LogP contribution in [0.5, 0.6) is 11.6 Å². The predicted octanol–water partition coefficient (Wildman–Crippen LogP) is 2.10. The molecule has 0 saturated heterocycles. The molecular weight excluding hydrogens is 190 g/mol. The van der Waals surface area contributed by atoms with Crippen molar-refractivity contribution in [1.82, 2.24) is 9.78 Å². The summed E-state index contributed by atoms with van der Waals surface area (Å²) in [6.07, 6.45) is 0. The zero-order chi connectivity index (χ0) is 10.8. The van der Waals surface area contributed by atoms with Crippen LogP contribution < -0.4 is 10.5 Å². The largest absolute Gasteiger partial charge is 0.439 e. The van der Waals surface area contributed by atoms with E-state index in [4.69, 9.17) is 10.5 Å². The van der Waals surface area contributed by atoms with Crippen LogP contribution in [0.3, 0.4) is 0 Å². The van der Waals surface area contributed by atoms with Crippen LogP contribution in [0.4, 0.5) is 5.69 Å². The molecule has 0 fully saturated rings. The van der Waals surface area contributed by atoms with E-state index in [-0.39, 0.29) is 0 Å². The Kier molecular flexibility index (Phi) is 2.33. The third kappa shape index (κ3) is 2.10. The Hall–Kier alpha value is -1.97. The first-order valence-electron chi connectivity index (χ1n) is 4.69. The summed E-state index contributed by atoms with van der Waals surface area (Å²) in [5.74, 6) is 1.43. The molecule has 0 radical (unpaired) electrons. The van der Waals surface area contributed by atoms with Crippen molar-refractivity contribution in [3.63, 3.8) is 0 Å². The number of hydrogen-bond donors (Lipinski definition) is 1. The average molecular weight is 203 g/mol. The molecule has 0 atom stereocenters. The number of hydrogen-bond acceptors (Lipinski definition) is 3. The van der Waals surface area contributed by atoms with Gasteiger partial charge >= 0.3 is 0 Å². The smallest absolute Gasteiger partial charge is 0.217 e. The van der Waals surface area contributed by atoms with Crippen LogP contribution in [0.15, 0.2) is 30.3 Å². The van der Waals surface area contributed by atoms with Gasteiger partial charge in [0.15, 0.2) is 0 Å². The van der Waals surface area contributed by atoms with Crippen LogP contribution in [0.25, 0.3) is 0 Å². The van der Waals surface area contributed by atoms with Crippen molar-refractivity contribution < 1.29 is 4.74 Å². The molecule has 0 aliphatic rings. The summed E-state index contributed by atoms with van der Waals surface area (Å²) in [6, 6.07) is 9.19. The van der Waals surface area contributed by atoms with Gasteiger partial charge in [-0.05, 0) is 19.1 Å². The van der Waals surface area contributed by atoms with Crippen molar-refractivity contribution in [2.24, 2.45) is 7.05 Å². The molecule has 0 aliphatic heterocycles. The Bertz CT molecular complexity index is 476. The minimum atomic E-state index is 0.686. The van der Waals surface area contributed by atoms with Gasteiger partial charge in [-0.3, -0.25) is 0 Å².